The molecule has 3 rings (SSSR count). The van der Waals surface area contributed by atoms with Crippen LogP contribution >= 0.6 is 11.3 Å². The van der Waals surface area contributed by atoms with Crippen LogP contribution in [-0.4, -0.2) is 33.3 Å². The number of H-pyrrole nitrogens is 1. The minimum absolute atomic E-state index is 0.0381. The molecule has 8 heteroatoms. The number of carbonyl (C=O) groups excluding carboxylic acids is 1. The maximum atomic E-state index is 12.6. The molecule has 7 nitrogen and oxygen atoms in total. The van der Waals surface area contributed by atoms with Crippen LogP contribution in [0.5, 0.6) is 0 Å². The monoisotopic (exact) mass is 348 g/mol. The van der Waals surface area contributed by atoms with Gasteiger partial charge in [0, 0.05) is 24.5 Å². The molecule has 0 atom stereocenters. The molecule has 1 aliphatic heterocycles. The Balaban J connectivity index is 1.84. The number of rotatable bonds is 5. The van der Waals surface area contributed by atoms with Crippen molar-refractivity contribution < 1.29 is 4.79 Å². The molecule has 0 aromatic carbocycles. The van der Waals surface area contributed by atoms with Gasteiger partial charge in [0.15, 0.2) is 5.78 Å². The summed E-state index contributed by atoms with van der Waals surface area (Å²) in [6.07, 6.45) is 1.58. The van der Waals surface area contributed by atoms with Crippen LogP contribution in [0.4, 0.5) is 5.82 Å². The molecule has 3 N–H and O–H groups in total. The zero-order chi connectivity index (χ0) is 17.3. The fourth-order valence-corrected chi connectivity index (χ4v) is 3.92. The van der Waals surface area contributed by atoms with Crippen molar-refractivity contribution in [2.75, 3.05) is 18.8 Å². The van der Waals surface area contributed by atoms with Gasteiger partial charge in [-0.2, -0.15) is 0 Å². The third-order valence-corrected chi connectivity index (χ3v) is 5.24. The van der Waals surface area contributed by atoms with E-state index in [9.17, 15) is 14.4 Å². The van der Waals surface area contributed by atoms with Gasteiger partial charge in [0.25, 0.3) is 5.56 Å². The number of Topliss-reactive ketones (excluding diaryl/α,β-unsaturated/α-hetero) is 1. The lowest BCUT2D eigenvalue weighted by molar-refractivity contribution is 0.0920. The van der Waals surface area contributed by atoms with Crippen molar-refractivity contribution in [3.05, 3.63) is 48.3 Å². The number of hydrogen-bond donors (Lipinski definition) is 2. The fourth-order valence-electron chi connectivity index (χ4n) is 3.03. The number of ketones is 1. The van der Waals surface area contributed by atoms with Gasteiger partial charge in [-0.3, -0.25) is 24.0 Å². The molecule has 0 spiro atoms. The average molecular weight is 348 g/mol. The predicted molar refractivity (Wildman–Crippen MR) is 93.7 cm³/mol. The molecular formula is C16H20N4O3S. The third kappa shape index (κ3) is 3.07. The Bertz CT molecular complexity index is 880. The first kappa shape index (κ1) is 16.7. The molecule has 0 saturated heterocycles. The van der Waals surface area contributed by atoms with Gasteiger partial charge < -0.3 is 5.73 Å². The number of fused-ring (bicyclic) bond motifs is 1. The molecule has 0 fully saturated rings. The quantitative estimate of drug-likeness (QED) is 0.780. The second-order valence-corrected chi connectivity index (χ2v) is 6.92. The lowest BCUT2D eigenvalue weighted by Gasteiger charge is -2.26. The molecule has 2 aromatic rings. The summed E-state index contributed by atoms with van der Waals surface area (Å²) in [6, 6.07) is 2.07. The number of carbonyl (C=O) groups is 1. The van der Waals surface area contributed by atoms with Gasteiger partial charge in [-0.05, 0) is 29.9 Å². The molecule has 0 amide bonds. The molecule has 3 heterocycles. The lowest BCUT2D eigenvalue weighted by atomic mass is 10.1. The Labute approximate surface area is 142 Å². The molecule has 0 bridgehead atoms. The summed E-state index contributed by atoms with van der Waals surface area (Å²) in [4.78, 5) is 42.1. The number of aromatic amines is 1. The first-order valence-corrected chi connectivity index (χ1v) is 8.82. The summed E-state index contributed by atoms with van der Waals surface area (Å²) >= 11 is 1.73. The van der Waals surface area contributed by atoms with Crippen LogP contribution < -0.4 is 17.0 Å². The first-order chi connectivity index (χ1) is 11.5. The molecule has 128 valence electrons. The summed E-state index contributed by atoms with van der Waals surface area (Å²) in [5, 5.41) is 2.05. The van der Waals surface area contributed by atoms with Crippen molar-refractivity contribution in [1.82, 2.24) is 14.5 Å². The molecule has 0 unspecified atom stereocenters. The van der Waals surface area contributed by atoms with Crippen LogP contribution in [0.3, 0.4) is 0 Å². The van der Waals surface area contributed by atoms with E-state index in [1.807, 2.05) is 11.8 Å². The van der Waals surface area contributed by atoms with E-state index in [-0.39, 0.29) is 23.7 Å². The van der Waals surface area contributed by atoms with Gasteiger partial charge in [-0.25, -0.2) is 4.79 Å². The average Bonchev–Trinajstić information content (AvgIpc) is 2.98. The van der Waals surface area contributed by atoms with Crippen molar-refractivity contribution in [3.63, 3.8) is 0 Å². The van der Waals surface area contributed by atoms with Gasteiger partial charge in [0.2, 0.25) is 0 Å². The maximum Gasteiger partial charge on any atom is 0.329 e. The van der Waals surface area contributed by atoms with Gasteiger partial charge in [0.05, 0.1) is 6.54 Å². The van der Waals surface area contributed by atoms with E-state index in [4.69, 9.17) is 5.73 Å². The Morgan fingerprint density at radius 3 is 2.96 bits per heavy atom. The van der Waals surface area contributed by atoms with Gasteiger partial charge in [0.1, 0.15) is 11.4 Å². The van der Waals surface area contributed by atoms with Crippen LogP contribution in [0.25, 0.3) is 0 Å². The van der Waals surface area contributed by atoms with E-state index < -0.39 is 11.2 Å². The Hall–Kier alpha value is -2.19. The normalized spacial score (nSPS) is 14.5. The summed E-state index contributed by atoms with van der Waals surface area (Å²) in [6.45, 7) is 3.84. The first-order valence-electron chi connectivity index (χ1n) is 7.94. The number of hydrogen-bond acceptors (Lipinski definition) is 6. The number of anilines is 1. The largest absolute Gasteiger partial charge is 0.384 e. The molecule has 0 radical (unpaired) electrons. The zero-order valence-corrected chi connectivity index (χ0v) is 14.3. The number of nitrogens with one attached hydrogen (secondary N) is 1. The molecule has 2 aromatic heterocycles. The lowest BCUT2D eigenvalue weighted by Crippen LogP contribution is -2.40. The highest BCUT2D eigenvalue weighted by molar-refractivity contribution is 7.10. The Kier molecular flexibility index (Phi) is 4.68. The summed E-state index contributed by atoms with van der Waals surface area (Å²) in [5.74, 6) is -0.388. The van der Waals surface area contributed by atoms with Crippen molar-refractivity contribution in [2.45, 2.75) is 32.9 Å². The van der Waals surface area contributed by atoms with E-state index in [0.717, 1.165) is 13.0 Å². The van der Waals surface area contributed by atoms with E-state index in [0.29, 0.717) is 19.5 Å². The minimum Gasteiger partial charge on any atom is -0.384 e. The van der Waals surface area contributed by atoms with Gasteiger partial charge in [-0.15, -0.1) is 11.3 Å². The van der Waals surface area contributed by atoms with Crippen molar-refractivity contribution >= 4 is 22.9 Å². The third-order valence-electron chi connectivity index (χ3n) is 4.22. The molecule has 24 heavy (non-hydrogen) atoms. The minimum atomic E-state index is -0.705. The van der Waals surface area contributed by atoms with E-state index >= 15 is 0 Å². The van der Waals surface area contributed by atoms with Crippen LogP contribution in [0, 0.1) is 0 Å². The second-order valence-electron chi connectivity index (χ2n) is 5.92. The van der Waals surface area contributed by atoms with Crippen molar-refractivity contribution in [3.8, 4) is 0 Å². The van der Waals surface area contributed by atoms with Crippen LogP contribution in [-0.2, 0) is 19.5 Å². The highest BCUT2D eigenvalue weighted by Gasteiger charge is 2.24. The number of thiophene rings is 1. The highest BCUT2D eigenvalue weighted by Crippen LogP contribution is 2.24. The van der Waals surface area contributed by atoms with E-state index in [1.54, 1.807) is 11.3 Å². The molecule has 0 saturated carbocycles. The smallest absolute Gasteiger partial charge is 0.329 e. The number of nitrogen functional groups attached to an aromatic ring is 1. The maximum absolute atomic E-state index is 12.6. The summed E-state index contributed by atoms with van der Waals surface area (Å²) in [5.41, 5.74) is 5.79. The number of nitrogens with two attached hydrogens (primary N) is 1. The summed E-state index contributed by atoms with van der Waals surface area (Å²) in [7, 11) is 0. The number of nitrogens with zero attached hydrogens (tertiary/aromatic N) is 2. The molecule has 1 aliphatic rings. The summed E-state index contributed by atoms with van der Waals surface area (Å²) < 4.78 is 1.25. The zero-order valence-electron chi connectivity index (χ0n) is 13.5. The number of aromatic nitrogens is 2. The van der Waals surface area contributed by atoms with E-state index in [2.05, 4.69) is 16.4 Å². The fraction of sp³-hybridized carbons (Fsp3) is 0.438. The topological polar surface area (TPSA) is 101 Å². The van der Waals surface area contributed by atoms with Crippen LogP contribution in [0.15, 0.2) is 21.0 Å². The molecule has 0 aliphatic carbocycles. The van der Waals surface area contributed by atoms with Gasteiger partial charge in [-0.1, -0.05) is 6.92 Å². The highest BCUT2D eigenvalue weighted by atomic mass is 32.1. The SMILES string of the molecule is CCCn1c(N)c(C(=O)CN2CCc3sccc3C2)c(=O)[nH]c1=O. The predicted octanol–water partition coefficient (Wildman–Crippen LogP) is 0.831. The van der Waals surface area contributed by atoms with Crippen molar-refractivity contribution in [1.29, 1.82) is 0 Å². The Morgan fingerprint density at radius 1 is 1.42 bits per heavy atom. The van der Waals surface area contributed by atoms with Gasteiger partial charge >= 0.3 is 5.69 Å². The van der Waals surface area contributed by atoms with Crippen LogP contribution in [0.1, 0.15) is 34.1 Å². The standard InChI is InChI=1S/C16H20N4O3S/c1-2-5-20-14(17)13(15(22)18-16(20)23)11(21)9-19-6-3-12-10(8-19)4-7-24-12/h4,7H,2-3,5-6,8-9,17H2,1H3,(H,18,22,23). The van der Waals surface area contributed by atoms with Crippen LogP contribution in [0.2, 0.25) is 0 Å². The molecular weight excluding hydrogens is 328 g/mol. The Morgan fingerprint density at radius 2 is 2.21 bits per heavy atom. The van der Waals surface area contributed by atoms with Crippen molar-refractivity contribution in [2.24, 2.45) is 0 Å². The van der Waals surface area contributed by atoms with E-state index in [1.165, 1.54) is 15.0 Å². The second kappa shape index (κ2) is 6.74.